The van der Waals surface area contributed by atoms with E-state index in [0.717, 1.165) is 28.2 Å². The molecule has 6 rings (SSSR count). The molecule has 1 aromatic heterocycles. The summed E-state index contributed by atoms with van der Waals surface area (Å²) in [5.74, 6) is 3.08. The Morgan fingerprint density at radius 2 is 1.27 bits per heavy atom. The summed E-state index contributed by atoms with van der Waals surface area (Å²) in [5.41, 5.74) is 5.82. The van der Waals surface area contributed by atoms with Crippen LogP contribution in [0, 0.1) is 6.92 Å². The van der Waals surface area contributed by atoms with E-state index in [4.69, 9.17) is 9.15 Å². The minimum Gasteiger partial charge on any atom is -0.453 e. The average Bonchev–Trinajstić information content (AvgIpc) is 3.26. The maximum absolute atomic E-state index is 6.73. The van der Waals surface area contributed by atoms with E-state index in [0.29, 0.717) is 11.8 Å². The average molecular weight is 439 g/mol. The van der Waals surface area contributed by atoms with Crippen molar-refractivity contribution in [2.75, 3.05) is 0 Å². The number of hydrogen-bond acceptors (Lipinski definition) is 2. The molecule has 3 aromatic carbocycles. The second kappa shape index (κ2) is 8.89. The number of ether oxygens (including phenoxy) is 1. The van der Waals surface area contributed by atoms with Crippen LogP contribution in [0.3, 0.4) is 0 Å². The smallest absolute Gasteiger partial charge is 0.178 e. The molecule has 0 amide bonds. The standard InChI is InChI=1S/C31H34O2/c1-21-19-20-27-26-17-10-16-25(23-13-6-3-7-14-23)30(26)33-31(27)29(21)32-28-18-9-8-15-24(28)22-11-4-2-5-12-22/h8-10,15-20,22-23H,2-7,11-14H2,1H3. The summed E-state index contributed by atoms with van der Waals surface area (Å²) in [4.78, 5) is 0. The van der Waals surface area contributed by atoms with E-state index in [2.05, 4.69) is 61.5 Å². The van der Waals surface area contributed by atoms with Gasteiger partial charge >= 0.3 is 0 Å². The van der Waals surface area contributed by atoms with Crippen molar-refractivity contribution in [3.8, 4) is 11.5 Å². The lowest BCUT2D eigenvalue weighted by Gasteiger charge is -2.24. The Balaban J connectivity index is 1.45. The van der Waals surface area contributed by atoms with E-state index in [1.165, 1.54) is 86.1 Å². The predicted octanol–water partition coefficient (Wildman–Crippen LogP) is 9.78. The highest BCUT2D eigenvalue weighted by Crippen LogP contribution is 2.45. The van der Waals surface area contributed by atoms with E-state index >= 15 is 0 Å². The van der Waals surface area contributed by atoms with Gasteiger partial charge in [-0.3, -0.25) is 0 Å². The topological polar surface area (TPSA) is 22.4 Å². The summed E-state index contributed by atoms with van der Waals surface area (Å²) < 4.78 is 13.4. The van der Waals surface area contributed by atoms with Crippen LogP contribution in [0.4, 0.5) is 0 Å². The lowest BCUT2D eigenvalue weighted by molar-refractivity contribution is 0.416. The summed E-state index contributed by atoms with van der Waals surface area (Å²) in [5, 5.41) is 2.39. The van der Waals surface area contributed by atoms with Crippen LogP contribution < -0.4 is 4.74 Å². The molecule has 4 aromatic rings. The van der Waals surface area contributed by atoms with Crippen molar-refractivity contribution in [1.82, 2.24) is 0 Å². The summed E-state index contributed by atoms with van der Waals surface area (Å²) in [7, 11) is 0. The van der Waals surface area contributed by atoms with Crippen LogP contribution in [0.1, 0.15) is 92.7 Å². The fourth-order valence-corrected chi connectivity index (χ4v) is 6.25. The predicted molar refractivity (Wildman–Crippen MR) is 137 cm³/mol. The van der Waals surface area contributed by atoms with Gasteiger partial charge in [-0.2, -0.15) is 0 Å². The minimum absolute atomic E-state index is 0.600. The van der Waals surface area contributed by atoms with Gasteiger partial charge in [0.1, 0.15) is 11.3 Å². The van der Waals surface area contributed by atoms with Gasteiger partial charge in [0.2, 0.25) is 0 Å². The zero-order chi connectivity index (χ0) is 22.2. The van der Waals surface area contributed by atoms with E-state index in [1.807, 2.05) is 0 Å². The number of benzene rings is 3. The first-order valence-corrected chi connectivity index (χ1v) is 13.0. The SMILES string of the molecule is Cc1ccc2c(oc3c(C4CCCCC4)cccc32)c1Oc1ccccc1C1CCCCC1. The second-order valence-corrected chi connectivity index (χ2v) is 10.2. The largest absolute Gasteiger partial charge is 0.453 e. The lowest BCUT2D eigenvalue weighted by atomic mass is 9.83. The second-order valence-electron chi connectivity index (χ2n) is 10.2. The first-order valence-electron chi connectivity index (χ1n) is 13.0. The summed E-state index contributed by atoms with van der Waals surface area (Å²) in [6.07, 6.45) is 13.1. The highest BCUT2D eigenvalue weighted by atomic mass is 16.5. The van der Waals surface area contributed by atoms with Gasteiger partial charge in [-0.15, -0.1) is 0 Å². The highest BCUT2D eigenvalue weighted by Gasteiger charge is 2.24. The van der Waals surface area contributed by atoms with Gasteiger partial charge in [-0.25, -0.2) is 0 Å². The third-order valence-electron chi connectivity index (χ3n) is 8.07. The Bertz CT molecular complexity index is 1270. The van der Waals surface area contributed by atoms with Gasteiger partial charge in [-0.05, 0) is 73.3 Å². The highest BCUT2D eigenvalue weighted by molar-refractivity contribution is 6.08. The fraction of sp³-hybridized carbons (Fsp3) is 0.419. The molecule has 33 heavy (non-hydrogen) atoms. The zero-order valence-corrected chi connectivity index (χ0v) is 19.7. The van der Waals surface area contributed by atoms with Crippen LogP contribution in [-0.2, 0) is 0 Å². The Hall–Kier alpha value is -2.74. The Morgan fingerprint density at radius 1 is 0.636 bits per heavy atom. The van der Waals surface area contributed by atoms with Crippen molar-refractivity contribution in [3.63, 3.8) is 0 Å². The van der Waals surface area contributed by atoms with Crippen LogP contribution in [0.25, 0.3) is 21.9 Å². The van der Waals surface area contributed by atoms with Crippen LogP contribution in [-0.4, -0.2) is 0 Å². The Kier molecular flexibility index (Phi) is 5.62. The van der Waals surface area contributed by atoms with E-state index in [9.17, 15) is 0 Å². The van der Waals surface area contributed by atoms with Gasteiger partial charge in [-0.1, -0.05) is 81.0 Å². The Morgan fingerprint density at radius 3 is 2.03 bits per heavy atom. The molecule has 0 atom stereocenters. The molecule has 2 nitrogen and oxygen atoms in total. The molecule has 0 bridgehead atoms. The van der Waals surface area contributed by atoms with Crippen molar-refractivity contribution < 1.29 is 9.15 Å². The number of para-hydroxylation sites is 2. The third-order valence-corrected chi connectivity index (χ3v) is 8.07. The number of fused-ring (bicyclic) bond motifs is 3. The molecular weight excluding hydrogens is 404 g/mol. The molecule has 2 fully saturated rings. The lowest BCUT2D eigenvalue weighted by Crippen LogP contribution is -2.06. The van der Waals surface area contributed by atoms with Crippen molar-refractivity contribution >= 4 is 21.9 Å². The van der Waals surface area contributed by atoms with Gasteiger partial charge in [0.25, 0.3) is 0 Å². The maximum atomic E-state index is 6.73. The number of rotatable bonds is 4. The minimum atomic E-state index is 0.600. The molecule has 170 valence electrons. The van der Waals surface area contributed by atoms with Crippen LogP contribution in [0.2, 0.25) is 0 Å². The van der Waals surface area contributed by atoms with Crippen LogP contribution in [0.5, 0.6) is 11.5 Å². The van der Waals surface area contributed by atoms with Crippen molar-refractivity contribution in [1.29, 1.82) is 0 Å². The molecule has 0 aliphatic heterocycles. The fourth-order valence-electron chi connectivity index (χ4n) is 6.25. The van der Waals surface area contributed by atoms with E-state index in [-0.39, 0.29) is 0 Å². The first kappa shape index (κ1) is 20.8. The van der Waals surface area contributed by atoms with E-state index in [1.54, 1.807) is 0 Å². The monoisotopic (exact) mass is 438 g/mol. The molecule has 0 unspecified atom stereocenters. The molecular formula is C31H34O2. The first-order chi connectivity index (χ1) is 16.3. The Labute approximate surface area is 196 Å². The molecule has 2 aliphatic carbocycles. The van der Waals surface area contributed by atoms with Gasteiger partial charge < -0.3 is 9.15 Å². The molecule has 2 aliphatic rings. The quantitative estimate of drug-likeness (QED) is 0.316. The van der Waals surface area contributed by atoms with Gasteiger partial charge in [0.15, 0.2) is 11.3 Å². The van der Waals surface area contributed by atoms with Crippen molar-refractivity contribution in [3.05, 3.63) is 71.3 Å². The van der Waals surface area contributed by atoms with Gasteiger partial charge in [0.05, 0.1) is 0 Å². The van der Waals surface area contributed by atoms with Gasteiger partial charge in [0, 0.05) is 10.8 Å². The number of hydrogen-bond donors (Lipinski definition) is 0. The van der Waals surface area contributed by atoms with Crippen molar-refractivity contribution in [2.24, 2.45) is 0 Å². The van der Waals surface area contributed by atoms with Crippen LogP contribution >= 0.6 is 0 Å². The summed E-state index contributed by atoms with van der Waals surface area (Å²) in [6, 6.07) is 19.7. The zero-order valence-electron chi connectivity index (χ0n) is 19.7. The molecule has 0 radical (unpaired) electrons. The molecule has 0 N–H and O–H groups in total. The van der Waals surface area contributed by atoms with E-state index < -0.39 is 0 Å². The molecule has 2 saturated carbocycles. The normalized spacial score (nSPS) is 18.2. The van der Waals surface area contributed by atoms with Crippen LogP contribution in [0.15, 0.2) is 59.0 Å². The molecule has 0 spiro atoms. The third kappa shape index (κ3) is 3.84. The molecule has 2 heteroatoms. The summed E-state index contributed by atoms with van der Waals surface area (Å²) >= 11 is 0. The summed E-state index contributed by atoms with van der Waals surface area (Å²) in [6.45, 7) is 2.13. The number of furan rings is 1. The molecule has 0 saturated heterocycles. The molecule has 1 heterocycles. The maximum Gasteiger partial charge on any atom is 0.178 e. The number of aryl methyl sites for hydroxylation is 1. The van der Waals surface area contributed by atoms with Crippen molar-refractivity contribution in [2.45, 2.75) is 83.0 Å².